The van der Waals surface area contributed by atoms with E-state index < -0.39 is 0 Å². The summed E-state index contributed by atoms with van der Waals surface area (Å²) in [5, 5.41) is 1.03. The van der Waals surface area contributed by atoms with E-state index >= 15 is 0 Å². The van der Waals surface area contributed by atoms with Crippen molar-refractivity contribution in [1.29, 1.82) is 0 Å². The maximum Gasteiger partial charge on any atom is 0.409 e. The van der Waals surface area contributed by atoms with Gasteiger partial charge < -0.3 is 14.6 Å². The first-order valence-corrected chi connectivity index (χ1v) is 7.20. The predicted octanol–water partition coefficient (Wildman–Crippen LogP) is 2.88. The Morgan fingerprint density at radius 3 is 3.00 bits per heavy atom. The molecule has 0 radical (unpaired) electrons. The molecule has 2 aliphatic rings. The molecule has 2 heterocycles. The number of hydrogen-bond acceptors (Lipinski definition) is 3. The molecule has 1 N–H and O–H groups in total. The van der Waals surface area contributed by atoms with Gasteiger partial charge in [0.2, 0.25) is 0 Å². The van der Waals surface area contributed by atoms with Crippen molar-refractivity contribution in [2.24, 2.45) is 5.92 Å². The summed E-state index contributed by atoms with van der Waals surface area (Å²) in [7, 11) is 1.40. The zero-order valence-corrected chi connectivity index (χ0v) is 11.8. The van der Waals surface area contributed by atoms with Crippen LogP contribution >= 0.6 is 0 Å². The highest BCUT2D eigenvalue weighted by Crippen LogP contribution is 2.45. The number of aromatic amines is 1. The minimum atomic E-state index is -0.316. The number of nitrogens with zero attached hydrogens (tertiary/aromatic N) is 1. The van der Waals surface area contributed by atoms with Gasteiger partial charge in [0.05, 0.1) is 18.8 Å². The second kappa shape index (κ2) is 4.35. The van der Waals surface area contributed by atoms with E-state index in [-0.39, 0.29) is 23.8 Å². The third-order valence-electron chi connectivity index (χ3n) is 4.71. The van der Waals surface area contributed by atoms with Gasteiger partial charge in [-0.3, -0.25) is 4.79 Å². The molecule has 1 amide bonds. The topological polar surface area (TPSA) is 62.4 Å². The number of Topliss-reactive ketones (excluding diaryl/α,β-unsaturated/α-hetero) is 1. The van der Waals surface area contributed by atoms with Gasteiger partial charge in [0.1, 0.15) is 0 Å². The zero-order chi connectivity index (χ0) is 14.6. The number of carbonyl (C=O) groups is 2. The molecule has 1 aromatic carbocycles. The van der Waals surface area contributed by atoms with Crippen LogP contribution in [0.2, 0.25) is 0 Å². The van der Waals surface area contributed by atoms with E-state index in [4.69, 9.17) is 4.74 Å². The number of nitrogens with one attached hydrogen (secondary N) is 1. The summed E-state index contributed by atoms with van der Waals surface area (Å²) in [5.74, 6) is 0.193. The first-order chi connectivity index (χ1) is 10.2. The number of rotatable bonds is 0. The fourth-order valence-corrected chi connectivity index (χ4v) is 3.72. The molecular formula is C16H16N2O3. The summed E-state index contributed by atoms with van der Waals surface area (Å²) >= 11 is 0. The first kappa shape index (κ1) is 12.4. The van der Waals surface area contributed by atoms with Crippen molar-refractivity contribution in [2.45, 2.75) is 18.9 Å². The molecule has 0 saturated carbocycles. The summed E-state index contributed by atoms with van der Waals surface area (Å²) in [6, 6.07) is 7.80. The number of piperidine rings is 1. The van der Waals surface area contributed by atoms with E-state index in [1.807, 2.05) is 24.3 Å². The Morgan fingerprint density at radius 2 is 2.19 bits per heavy atom. The van der Waals surface area contributed by atoms with Crippen LogP contribution in [0.3, 0.4) is 0 Å². The number of carbonyl (C=O) groups excluding carboxylic acids is 2. The molecule has 2 aromatic rings. The smallest absolute Gasteiger partial charge is 0.409 e. The summed E-state index contributed by atoms with van der Waals surface area (Å²) in [4.78, 5) is 29.6. The molecule has 0 unspecified atom stereocenters. The van der Waals surface area contributed by atoms with Crippen LogP contribution < -0.4 is 0 Å². The van der Waals surface area contributed by atoms with E-state index in [1.165, 1.54) is 7.11 Å². The average molecular weight is 284 g/mol. The van der Waals surface area contributed by atoms with Crippen LogP contribution in [0, 0.1) is 5.92 Å². The number of methoxy groups -OCH3 is 1. The largest absolute Gasteiger partial charge is 0.453 e. The number of amides is 1. The zero-order valence-electron chi connectivity index (χ0n) is 11.8. The number of likely N-dealkylation sites (tertiary alicyclic amines) is 1. The van der Waals surface area contributed by atoms with E-state index in [2.05, 4.69) is 4.98 Å². The number of ether oxygens (including phenoxy) is 1. The lowest BCUT2D eigenvalue weighted by molar-refractivity contribution is 0.0575. The highest BCUT2D eigenvalue weighted by molar-refractivity contribution is 6.05. The molecule has 4 rings (SSSR count). The fraction of sp³-hybridized carbons (Fsp3) is 0.375. The minimum absolute atomic E-state index is 0.0106. The first-order valence-electron chi connectivity index (χ1n) is 7.20. The molecule has 21 heavy (non-hydrogen) atoms. The van der Waals surface area contributed by atoms with Crippen LogP contribution in [0.5, 0.6) is 0 Å². The molecule has 1 aliphatic heterocycles. The Labute approximate surface area is 121 Å². The number of aromatic nitrogens is 1. The van der Waals surface area contributed by atoms with E-state index in [0.717, 1.165) is 16.5 Å². The Kier molecular flexibility index (Phi) is 2.58. The third-order valence-corrected chi connectivity index (χ3v) is 4.71. The van der Waals surface area contributed by atoms with Crippen LogP contribution in [-0.4, -0.2) is 35.4 Å². The Bertz CT molecular complexity index is 749. The van der Waals surface area contributed by atoms with Gasteiger partial charge in [-0.25, -0.2) is 4.79 Å². The number of ketones is 1. The summed E-state index contributed by atoms with van der Waals surface area (Å²) < 4.78 is 4.90. The van der Waals surface area contributed by atoms with E-state index in [1.54, 1.807) is 4.90 Å². The van der Waals surface area contributed by atoms with Crippen molar-refractivity contribution in [1.82, 2.24) is 9.88 Å². The number of hydrogen-bond donors (Lipinski definition) is 1. The molecule has 1 aromatic heterocycles. The Morgan fingerprint density at radius 1 is 1.38 bits per heavy atom. The van der Waals surface area contributed by atoms with Gasteiger partial charge in [-0.2, -0.15) is 0 Å². The molecule has 1 fully saturated rings. The molecule has 1 aliphatic carbocycles. The molecule has 2 bridgehead atoms. The maximum absolute atomic E-state index is 12.6. The van der Waals surface area contributed by atoms with Crippen molar-refractivity contribution in [2.75, 3.05) is 13.7 Å². The second-order valence-electron chi connectivity index (χ2n) is 5.72. The molecule has 1 saturated heterocycles. The molecule has 5 heteroatoms. The number of para-hydroxylation sites is 1. The highest BCUT2D eigenvalue weighted by Gasteiger charge is 2.44. The van der Waals surface area contributed by atoms with Gasteiger partial charge in [0.15, 0.2) is 5.78 Å². The van der Waals surface area contributed by atoms with Crippen molar-refractivity contribution < 1.29 is 14.3 Å². The van der Waals surface area contributed by atoms with Crippen molar-refractivity contribution in [3.8, 4) is 0 Å². The van der Waals surface area contributed by atoms with Gasteiger partial charge in [-0.15, -0.1) is 0 Å². The van der Waals surface area contributed by atoms with E-state index in [0.29, 0.717) is 25.1 Å². The quantitative estimate of drug-likeness (QED) is 0.809. The van der Waals surface area contributed by atoms with Crippen molar-refractivity contribution in [3.05, 3.63) is 35.5 Å². The minimum Gasteiger partial charge on any atom is -0.453 e. The van der Waals surface area contributed by atoms with Gasteiger partial charge in [0.25, 0.3) is 0 Å². The molecule has 0 spiro atoms. The van der Waals surface area contributed by atoms with Gasteiger partial charge in [-0.1, -0.05) is 18.2 Å². The van der Waals surface area contributed by atoms with Crippen LogP contribution in [0.1, 0.15) is 34.9 Å². The second-order valence-corrected chi connectivity index (χ2v) is 5.72. The third kappa shape index (κ3) is 1.63. The fourth-order valence-electron chi connectivity index (χ4n) is 3.72. The lowest BCUT2D eigenvalue weighted by Gasteiger charge is -2.41. The molecular weight excluding hydrogens is 268 g/mol. The standard InChI is InChI=1S/C16H16N2O3/c1-21-16(20)18-7-6-9-8-12(18)13-10-4-2-3-5-11(10)17-14(13)15(9)19/h2-5,9,12,17H,6-8H2,1H3/t9-,12+/m0/s1. The SMILES string of the molecule is COC(=O)N1CC[C@H]2C[C@@H]1c1c([nH]c3ccccc13)C2=O. The van der Waals surface area contributed by atoms with Crippen LogP contribution in [-0.2, 0) is 4.74 Å². The lowest BCUT2D eigenvalue weighted by Crippen LogP contribution is -2.45. The van der Waals surface area contributed by atoms with Gasteiger partial charge in [-0.05, 0) is 18.9 Å². The van der Waals surface area contributed by atoms with Gasteiger partial charge in [0, 0.05) is 28.9 Å². The number of benzene rings is 1. The van der Waals surface area contributed by atoms with Crippen LogP contribution in [0.25, 0.3) is 10.9 Å². The predicted molar refractivity (Wildman–Crippen MR) is 77.2 cm³/mol. The monoisotopic (exact) mass is 284 g/mol. The molecule has 108 valence electrons. The van der Waals surface area contributed by atoms with E-state index in [9.17, 15) is 9.59 Å². The summed E-state index contributed by atoms with van der Waals surface area (Å²) in [6.07, 6.45) is 1.09. The lowest BCUT2D eigenvalue weighted by atomic mass is 9.77. The summed E-state index contributed by atoms with van der Waals surface area (Å²) in [5.41, 5.74) is 2.58. The highest BCUT2D eigenvalue weighted by atomic mass is 16.5. The van der Waals surface area contributed by atoms with Crippen LogP contribution in [0.15, 0.2) is 24.3 Å². The number of H-pyrrole nitrogens is 1. The maximum atomic E-state index is 12.6. The summed E-state index contributed by atoms with van der Waals surface area (Å²) in [6.45, 7) is 0.576. The van der Waals surface area contributed by atoms with Crippen molar-refractivity contribution in [3.63, 3.8) is 0 Å². The Balaban J connectivity index is 1.93. The Hall–Kier alpha value is -2.30. The normalized spacial score (nSPS) is 24.0. The van der Waals surface area contributed by atoms with Gasteiger partial charge >= 0.3 is 6.09 Å². The number of fused-ring (bicyclic) bond motifs is 6. The van der Waals surface area contributed by atoms with Crippen LogP contribution in [0.4, 0.5) is 4.79 Å². The average Bonchev–Trinajstić information content (AvgIpc) is 2.91. The van der Waals surface area contributed by atoms with Crippen molar-refractivity contribution >= 4 is 22.8 Å². The molecule has 2 atom stereocenters. The molecule has 5 nitrogen and oxygen atoms in total.